The fourth-order valence-electron chi connectivity index (χ4n) is 1.93. The largest absolute Gasteiger partial charge is 0.300 e. The van der Waals surface area contributed by atoms with Gasteiger partial charge in [0, 0.05) is 18.0 Å². The van der Waals surface area contributed by atoms with Crippen LogP contribution in [0.5, 0.6) is 0 Å². The van der Waals surface area contributed by atoms with Crippen LogP contribution in [0.4, 0.5) is 4.39 Å². The van der Waals surface area contributed by atoms with E-state index in [4.69, 9.17) is 0 Å². The Morgan fingerprint density at radius 2 is 2.18 bits per heavy atom. The molecule has 2 aromatic rings. The van der Waals surface area contributed by atoms with Crippen molar-refractivity contribution in [3.63, 3.8) is 0 Å². The fourth-order valence-corrected chi connectivity index (χ4v) is 1.93. The van der Waals surface area contributed by atoms with Crippen LogP contribution in [0.3, 0.4) is 0 Å². The summed E-state index contributed by atoms with van der Waals surface area (Å²) >= 11 is 0. The SMILES string of the molecule is CC(=O)CCCc1ccc(F)c2cccnc12. The number of aromatic nitrogens is 1. The van der Waals surface area contributed by atoms with Gasteiger partial charge in [-0.3, -0.25) is 4.98 Å². The van der Waals surface area contributed by atoms with Crippen LogP contribution in [-0.2, 0) is 11.2 Å². The Kier molecular flexibility index (Phi) is 3.47. The first-order chi connectivity index (χ1) is 8.18. The number of aryl methyl sites for hydroxylation is 1. The van der Waals surface area contributed by atoms with Gasteiger partial charge in [-0.15, -0.1) is 0 Å². The molecule has 0 fully saturated rings. The van der Waals surface area contributed by atoms with Crippen molar-refractivity contribution in [2.75, 3.05) is 0 Å². The predicted molar refractivity (Wildman–Crippen MR) is 65.3 cm³/mol. The van der Waals surface area contributed by atoms with E-state index in [0.717, 1.165) is 18.4 Å². The van der Waals surface area contributed by atoms with Gasteiger partial charge in [-0.25, -0.2) is 4.39 Å². The minimum absolute atomic E-state index is 0.185. The number of Topliss-reactive ketones (excluding diaryl/α,β-unsaturated/α-hetero) is 1. The van der Waals surface area contributed by atoms with E-state index in [-0.39, 0.29) is 11.6 Å². The summed E-state index contributed by atoms with van der Waals surface area (Å²) in [6, 6.07) is 6.68. The lowest BCUT2D eigenvalue weighted by Gasteiger charge is -2.05. The van der Waals surface area contributed by atoms with Gasteiger partial charge < -0.3 is 4.79 Å². The van der Waals surface area contributed by atoms with E-state index >= 15 is 0 Å². The molecule has 2 rings (SSSR count). The van der Waals surface area contributed by atoms with E-state index in [1.165, 1.54) is 6.07 Å². The van der Waals surface area contributed by atoms with Crippen LogP contribution in [0.25, 0.3) is 10.9 Å². The molecule has 1 aromatic carbocycles. The molecule has 0 saturated carbocycles. The molecule has 88 valence electrons. The number of hydrogen-bond acceptors (Lipinski definition) is 2. The fraction of sp³-hybridized carbons (Fsp3) is 0.286. The van der Waals surface area contributed by atoms with Crippen molar-refractivity contribution in [1.82, 2.24) is 4.98 Å². The molecular weight excluding hydrogens is 217 g/mol. The molecule has 2 nitrogen and oxygen atoms in total. The standard InChI is InChI=1S/C14H14FNO/c1-10(17)4-2-5-11-7-8-13(15)12-6-3-9-16-14(11)12/h3,6-9H,2,4-5H2,1H3. The normalized spacial score (nSPS) is 10.7. The van der Waals surface area contributed by atoms with E-state index in [2.05, 4.69) is 4.98 Å². The summed E-state index contributed by atoms with van der Waals surface area (Å²) in [7, 11) is 0. The molecule has 0 spiro atoms. The molecule has 17 heavy (non-hydrogen) atoms. The van der Waals surface area contributed by atoms with Crippen molar-refractivity contribution in [1.29, 1.82) is 0 Å². The highest BCUT2D eigenvalue weighted by Gasteiger charge is 2.06. The molecule has 0 amide bonds. The Bertz CT molecular complexity index is 551. The molecule has 0 aliphatic heterocycles. The van der Waals surface area contributed by atoms with Gasteiger partial charge in [0.2, 0.25) is 0 Å². The van der Waals surface area contributed by atoms with Crippen molar-refractivity contribution in [2.24, 2.45) is 0 Å². The highest BCUT2D eigenvalue weighted by atomic mass is 19.1. The molecule has 1 heterocycles. The van der Waals surface area contributed by atoms with Crippen LogP contribution < -0.4 is 0 Å². The zero-order chi connectivity index (χ0) is 12.3. The first-order valence-electron chi connectivity index (χ1n) is 5.70. The Hall–Kier alpha value is -1.77. The third-order valence-corrected chi connectivity index (χ3v) is 2.77. The van der Waals surface area contributed by atoms with Crippen LogP contribution in [0.1, 0.15) is 25.3 Å². The monoisotopic (exact) mass is 231 g/mol. The number of halogens is 1. The lowest BCUT2D eigenvalue weighted by molar-refractivity contribution is -0.117. The summed E-state index contributed by atoms with van der Waals surface area (Å²) in [6.07, 6.45) is 3.77. The van der Waals surface area contributed by atoms with Crippen LogP contribution in [0, 0.1) is 5.82 Å². The van der Waals surface area contributed by atoms with Crippen LogP contribution >= 0.6 is 0 Å². The Balaban J connectivity index is 2.28. The van der Waals surface area contributed by atoms with Gasteiger partial charge in [-0.2, -0.15) is 0 Å². The third kappa shape index (κ3) is 2.67. The van der Waals surface area contributed by atoms with Crippen molar-refractivity contribution < 1.29 is 9.18 Å². The van der Waals surface area contributed by atoms with E-state index in [1.807, 2.05) is 0 Å². The van der Waals surface area contributed by atoms with E-state index in [0.29, 0.717) is 17.3 Å². The van der Waals surface area contributed by atoms with Crippen molar-refractivity contribution >= 4 is 16.7 Å². The van der Waals surface area contributed by atoms with E-state index in [9.17, 15) is 9.18 Å². The van der Waals surface area contributed by atoms with Crippen LogP contribution in [0.2, 0.25) is 0 Å². The van der Waals surface area contributed by atoms with Crippen molar-refractivity contribution in [2.45, 2.75) is 26.2 Å². The summed E-state index contributed by atoms with van der Waals surface area (Å²) in [4.78, 5) is 15.1. The first-order valence-corrected chi connectivity index (χ1v) is 5.70. The summed E-state index contributed by atoms with van der Waals surface area (Å²) in [5, 5.41) is 0.549. The van der Waals surface area contributed by atoms with Crippen molar-refractivity contribution in [3.05, 3.63) is 41.8 Å². The second-order valence-corrected chi connectivity index (χ2v) is 4.16. The molecule has 3 heteroatoms. The van der Waals surface area contributed by atoms with Gasteiger partial charge >= 0.3 is 0 Å². The molecule has 0 bridgehead atoms. The average molecular weight is 231 g/mol. The lowest BCUT2D eigenvalue weighted by atomic mass is 10.0. The second-order valence-electron chi connectivity index (χ2n) is 4.16. The second kappa shape index (κ2) is 5.04. The summed E-state index contributed by atoms with van der Waals surface area (Å²) < 4.78 is 13.5. The number of benzene rings is 1. The minimum Gasteiger partial charge on any atom is -0.300 e. The molecular formula is C14H14FNO. The number of pyridine rings is 1. The van der Waals surface area contributed by atoms with Gasteiger partial charge in [0.15, 0.2) is 0 Å². The zero-order valence-corrected chi connectivity index (χ0v) is 9.74. The Morgan fingerprint density at radius 1 is 1.35 bits per heavy atom. The van der Waals surface area contributed by atoms with Crippen LogP contribution in [-0.4, -0.2) is 10.8 Å². The summed E-state index contributed by atoms with van der Waals surface area (Å²) in [5.41, 5.74) is 1.71. The maximum atomic E-state index is 13.5. The van der Waals surface area contributed by atoms with Gasteiger partial charge in [0.1, 0.15) is 11.6 Å². The smallest absolute Gasteiger partial charge is 0.132 e. The number of carbonyl (C=O) groups excluding carboxylic acids is 1. The highest BCUT2D eigenvalue weighted by molar-refractivity contribution is 5.82. The first kappa shape index (κ1) is 11.7. The minimum atomic E-state index is -0.247. The molecule has 0 N–H and O–H groups in total. The maximum absolute atomic E-state index is 13.5. The quantitative estimate of drug-likeness (QED) is 0.808. The molecule has 1 aromatic heterocycles. The Labute approximate surface area is 99.5 Å². The molecule has 0 saturated heterocycles. The lowest BCUT2D eigenvalue weighted by Crippen LogP contribution is -1.95. The van der Waals surface area contributed by atoms with Gasteiger partial charge in [0.25, 0.3) is 0 Å². The molecule has 0 unspecified atom stereocenters. The van der Waals surface area contributed by atoms with E-state index in [1.54, 1.807) is 31.3 Å². The number of ketones is 1. The van der Waals surface area contributed by atoms with Gasteiger partial charge in [0.05, 0.1) is 5.52 Å². The summed E-state index contributed by atoms with van der Waals surface area (Å²) in [6.45, 7) is 1.58. The number of rotatable bonds is 4. The molecule has 0 aliphatic carbocycles. The summed E-state index contributed by atoms with van der Waals surface area (Å²) in [5.74, 6) is -0.0622. The molecule has 0 atom stereocenters. The molecule has 0 radical (unpaired) electrons. The predicted octanol–water partition coefficient (Wildman–Crippen LogP) is 3.29. The van der Waals surface area contributed by atoms with Gasteiger partial charge in [-0.1, -0.05) is 6.07 Å². The topological polar surface area (TPSA) is 30.0 Å². The highest BCUT2D eigenvalue weighted by Crippen LogP contribution is 2.21. The Morgan fingerprint density at radius 3 is 2.94 bits per heavy atom. The number of carbonyl (C=O) groups is 1. The zero-order valence-electron chi connectivity index (χ0n) is 9.74. The molecule has 0 aliphatic rings. The van der Waals surface area contributed by atoms with Crippen molar-refractivity contribution in [3.8, 4) is 0 Å². The number of nitrogens with zero attached hydrogens (tertiary/aromatic N) is 1. The number of hydrogen-bond donors (Lipinski definition) is 0. The van der Waals surface area contributed by atoms with E-state index < -0.39 is 0 Å². The third-order valence-electron chi connectivity index (χ3n) is 2.77. The maximum Gasteiger partial charge on any atom is 0.132 e. The van der Waals surface area contributed by atoms with Gasteiger partial charge in [-0.05, 0) is 43.5 Å². The average Bonchev–Trinajstić information content (AvgIpc) is 2.32. The number of fused-ring (bicyclic) bond motifs is 1. The van der Waals surface area contributed by atoms with Crippen LogP contribution in [0.15, 0.2) is 30.5 Å².